The topological polar surface area (TPSA) is 461 Å². The van der Waals surface area contributed by atoms with Gasteiger partial charge < -0.3 is 99.8 Å². The van der Waals surface area contributed by atoms with Crippen molar-refractivity contribution in [3.63, 3.8) is 0 Å². The second-order valence-corrected chi connectivity index (χ2v) is 37.3. The van der Waals surface area contributed by atoms with E-state index in [0.29, 0.717) is 210 Å². The molecule has 16 fully saturated rings. The SMILES string of the molecule is COC1(OC)C2CCCC1COC2.COC1(OC)C2COCC1CC(C(=O)CO)C2.COC1(OC)C2COCC1CC(CC(=O)OCc1ccccc1)C2.COC1(OC)C2COCC1CC(COC=O)C2.O=C(CC1CC2COCC(C1)C2=O)OCc1ccccc1.O=C1C2CCCC1COC2.O=C1C2CCCC1COC2.O=C=O.O=C=O.O=C=O.O=COCC1CC2COCC(C1)C2=O. The molecule has 0 radical (unpaired) electrons. The maximum Gasteiger partial charge on any atom is 0.373 e. The molecule has 8 heterocycles. The van der Waals surface area contributed by atoms with Crippen molar-refractivity contribution in [1.29, 1.82) is 0 Å². The molecule has 8 aliphatic heterocycles. The molecule has 16 atom stereocenters. The average Bonchev–Trinajstić information content (AvgIpc) is 0.756. The number of fused-ring (bicyclic) bond motifs is 16. The molecule has 2 aromatic carbocycles. The van der Waals surface area contributed by atoms with E-state index in [0.717, 1.165) is 114 Å². The van der Waals surface area contributed by atoms with Gasteiger partial charge in [-0.1, -0.05) is 79.9 Å². The first-order valence-corrected chi connectivity index (χ1v) is 47.3. The second kappa shape index (κ2) is 58.9. The van der Waals surface area contributed by atoms with E-state index in [9.17, 15) is 43.2 Å². The minimum Gasteiger partial charge on any atom is -0.468 e. The standard InChI is InChI=1S/C19H26O5.C17H20O4.2C12H20O5.C10H14O4.C10H18O3.2C8H12O2.3CO2/c1-21-19(22-2)16-8-15(9-17(19)13-23-12-16)10-18(20)24-11-14-6-4-3-5-7-14;18-16(21-9-12-4-2-1-3-5-12)8-13-6-14-10-20-11-15(7-13)17(14)19;1-14-12(15-2)10-3-9(5-17-8-13)4-11(12)7-16-6-10;1-15-12(16-2)9-3-8(11(14)5-13)4-10(12)7-17-6-9;11-6-14-3-7-1-8-4-13-5-9(2-7)10(8)12;1-11-10(12-2)8-4-3-5-9(10)7-13-6-8;2*9-8-6-2-1-3-7(8)5-10-4-6;3*2-1-3/h3-7,15-17H,8-13H2,1-2H3;1-5,13-15H,6-11H2;8-11H,3-7H2,1-2H3;8-10,13H,3-7H2,1-2H3;6-9H,1-5H2;8-9H,3-7H2,1-2H3;2*6-7H,1-5H2;;;. The highest BCUT2D eigenvalue weighted by Crippen LogP contribution is 2.52. The first-order valence-electron chi connectivity index (χ1n) is 47.3. The first-order chi connectivity index (χ1) is 65.5. The molecular formula is C99H142O36. The minimum atomic E-state index is -0.621. The number of aliphatic hydroxyl groups excluding tert-OH is 1. The Bertz CT molecular complexity index is 3780. The Morgan fingerprint density at radius 2 is 0.570 bits per heavy atom. The van der Waals surface area contributed by atoms with Crippen molar-refractivity contribution in [2.45, 2.75) is 171 Å². The molecule has 8 saturated carbocycles. The number of esters is 2. The van der Waals surface area contributed by atoms with Gasteiger partial charge in [0.05, 0.1) is 119 Å². The van der Waals surface area contributed by atoms with Crippen LogP contribution in [-0.2, 0) is 180 Å². The van der Waals surface area contributed by atoms with Gasteiger partial charge in [-0.15, -0.1) is 0 Å². The third kappa shape index (κ3) is 31.1. The molecule has 8 aliphatic carbocycles. The summed E-state index contributed by atoms with van der Waals surface area (Å²) in [5.74, 6) is 3.19. The summed E-state index contributed by atoms with van der Waals surface area (Å²) in [5.41, 5.74) is 2.01. The molecule has 1 N–H and O–H groups in total. The average molecular weight is 1910 g/mol. The summed E-state index contributed by atoms with van der Waals surface area (Å²) < 4.78 is 109. The number of ether oxygens (including phenoxy) is 20. The van der Waals surface area contributed by atoms with Crippen molar-refractivity contribution in [3.05, 3.63) is 71.8 Å². The fourth-order valence-electron chi connectivity index (χ4n) is 23.3. The van der Waals surface area contributed by atoms with Gasteiger partial charge in [0.15, 0.2) is 28.9 Å². The number of ketones is 5. The lowest BCUT2D eigenvalue weighted by atomic mass is 9.68. The van der Waals surface area contributed by atoms with Crippen LogP contribution in [0.5, 0.6) is 0 Å². The van der Waals surface area contributed by atoms with Gasteiger partial charge >= 0.3 is 30.4 Å². The third-order valence-corrected chi connectivity index (χ3v) is 29.6. The largest absolute Gasteiger partial charge is 0.468 e. The van der Waals surface area contributed by atoms with E-state index in [1.165, 1.54) is 19.3 Å². The van der Waals surface area contributed by atoms with Gasteiger partial charge in [-0.25, -0.2) is 0 Å². The van der Waals surface area contributed by atoms with Crippen LogP contribution in [0.25, 0.3) is 0 Å². The number of carbonyl (C=O) groups is 9. The number of hydrogen-bond donors (Lipinski definition) is 1. The van der Waals surface area contributed by atoms with Crippen molar-refractivity contribution in [1.82, 2.24) is 0 Å². The van der Waals surface area contributed by atoms with Crippen molar-refractivity contribution >= 4 is 72.3 Å². The number of benzene rings is 2. The number of hydrogen-bond acceptors (Lipinski definition) is 36. The van der Waals surface area contributed by atoms with E-state index in [1.807, 2.05) is 60.7 Å². The van der Waals surface area contributed by atoms with E-state index in [2.05, 4.69) is 0 Å². The van der Waals surface area contributed by atoms with Crippen LogP contribution in [0.15, 0.2) is 60.7 Å². The second-order valence-electron chi connectivity index (χ2n) is 37.3. The fraction of sp³-hybridized carbons (Fsp3) is 0.758. The van der Waals surface area contributed by atoms with E-state index < -0.39 is 17.4 Å². The number of Topliss-reactive ketones (excluding diaryl/α,β-unsaturated/α-hetero) is 5. The molecular weight excluding hydrogens is 1770 g/mol. The Hall–Kier alpha value is -7.87. The molecule has 0 aromatic heterocycles. The Morgan fingerprint density at radius 3 is 0.852 bits per heavy atom. The van der Waals surface area contributed by atoms with Gasteiger partial charge in [-0.05, 0) is 138 Å². The highest BCUT2D eigenvalue weighted by atomic mass is 16.7. The quantitative estimate of drug-likeness (QED) is 0.0447. The molecule has 18 rings (SSSR count). The summed E-state index contributed by atoms with van der Waals surface area (Å²) in [4.78, 5) is 151. The van der Waals surface area contributed by atoms with Crippen molar-refractivity contribution in [2.24, 2.45) is 124 Å². The van der Waals surface area contributed by atoms with Crippen LogP contribution in [0.3, 0.4) is 0 Å². The third-order valence-electron chi connectivity index (χ3n) is 29.6. The molecule has 16 unspecified atom stereocenters. The molecule has 16 aliphatic rings. The fourth-order valence-corrected chi connectivity index (χ4v) is 23.3. The molecule has 0 amide bonds. The summed E-state index contributed by atoms with van der Waals surface area (Å²) in [6.45, 7) is 12.3. The summed E-state index contributed by atoms with van der Waals surface area (Å²) in [5, 5.41) is 8.95. The zero-order valence-corrected chi connectivity index (χ0v) is 79.5. The molecule has 135 heavy (non-hydrogen) atoms. The van der Waals surface area contributed by atoms with Crippen LogP contribution in [0.2, 0.25) is 0 Å². The van der Waals surface area contributed by atoms with Crippen molar-refractivity contribution < 1.29 is 172 Å². The van der Waals surface area contributed by atoms with Crippen LogP contribution >= 0.6 is 0 Å². The molecule has 2 aromatic rings. The number of carbonyl (C=O) groups excluding carboxylic acids is 15. The smallest absolute Gasteiger partial charge is 0.373 e. The number of aliphatic hydroxyl groups is 1. The molecule has 36 nitrogen and oxygen atoms in total. The minimum absolute atomic E-state index is 0.00979. The maximum absolute atomic E-state index is 12.2. The first kappa shape index (κ1) is 112. The number of rotatable bonds is 24. The Balaban J connectivity index is 0.000000190. The number of methoxy groups -OCH3 is 8. The van der Waals surface area contributed by atoms with Crippen LogP contribution in [0.4, 0.5) is 0 Å². The zero-order chi connectivity index (χ0) is 97.8. The van der Waals surface area contributed by atoms with Crippen molar-refractivity contribution in [3.8, 4) is 0 Å². The van der Waals surface area contributed by atoms with Crippen molar-refractivity contribution in [2.75, 3.05) is 182 Å². The van der Waals surface area contributed by atoms with Crippen LogP contribution < -0.4 is 0 Å². The highest BCUT2D eigenvalue weighted by molar-refractivity contribution is 5.87. The Morgan fingerprint density at radius 1 is 0.333 bits per heavy atom. The van der Waals surface area contributed by atoms with E-state index in [-0.39, 0.29) is 143 Å². The van der Waals surface area contributed by atoms with E-state index in [4.69, 9.17) is 129 Å². The lowest BCUT2D eigenvalue weighted by Crippen LogP contribution is -2.59. The summed E-state index contributed by atoms with van der Waals surface area (Å²) in [6.07, 6.45) is 19.9. The lowest BCUT2D eigenvalue weighted by molar-refractivity contribution is -0.324. The van der Waals surface area contributed by atoms with Gasteiger partial charge in [0.1, 0.15) is 43.0 Å². The van der Waals surface area contributed by atoms with E-state index >= 15 is 0 Å². The van der Waals surface area contributed by atoms with Gasteiger partial charge in [0, 0.05) is 170 Å². The lowest BCUT2D eigenvalue weighted by Gasteiger charge is -2.52. The predicted molar refractivity (Wildman–Crippen MR) is 467 cm³/mol. The maximum atomic E-state index is 12.2. The molecule has 754 valence electrons. The van der Waals surface area contributed by atoms with Gasteiger partial charge in [-0.2, -0.15) is 28.8 Å². The van der Waals surface area contributed by atoms with Gasteiger partial charge in [0.25, 0.3) is 12.9 Å². The Labute approximate surface area is 790 Å². The monoisotopic (exact) mass is 1910 g/mol. The van der Waals surface area contributed by atoms with E-state index in [1.54, 1.807) is 56.9 Å². The normalized spacial score (nSPS) is 31.8. The van der Waals surface area contributed by atoms with Crippen LogP contribution in [0.1, 0.15) is 146 Å². The zero-order valence-electron chi connectivity index (χ0n) is 79.5. The molecule has 36 heteroatoms. The van der Waals surface area contributed by atoms with Crippen LogP contribution in [-0.4, -0.2) is 283 Å². The summed E-state index contributed by atoms with van der Waals surface area (Å²) >= 11 is 0. The van der Waals surface area contributed by atoms with Crippen LogP contribution in [0, 0.1) is 124 Å². The predicted octanol–water partition coefficient (Wildman–Crippen LogP) is 8.25. The highest BCUT2D eigenvalue weighted by Gasteiger charge is 2.58. The summed E-state index contributed by atoms with van der Waals surface area (Å²) in [7, 11) is 13.6. The molecule has 16 bridgehead atoms. The molecule has 8 saturated heterocycles. The van der Waals surface area contributed by atoms with Gasteiger partial charge in [0.2, 0.25) is 0 Å². The summed E-state index contributed by atoms with van der Waals surface area (Å²) in [6, 6.07) is 19.4. The Kier molecular flexibility index (Phi) is 49.0. The van der Waals surface area contributed by atoms with Gasteiger partial charge in [-0.3, -0.25) is 43.2 Å². The molecule has 0 spiro atoms.